The molecule has 0 radical (unpaired) electrons. The molecule has 3 saturated carbocycles. The Bertz CT molecular complexity index is 950. The van der Waals surface area contributed by atoms with Crippen LogP contribution in [-0.2, 0) is 14.3 Å². The van der Waals surface area contributed by atoms with Crippen LogP contribution < -0.4 is 0 Å². The van der Waals surface area contributed by atoms with Crippen molar-refractivity contribution < 1.29 is 28.2 Å². The molecule has 0 amide bonds. The summed E-state index contributed by atoms with van der Waals surface area (Å²) in [6.07, 6.45) is 1.30. The number of ketones is 1. The fourth-order valence-electron chi connectivity index (χ4n) is 7.49. The predicted molar refractivity (Wildman–Crippen MR) is 124 cm³/mol. The number of thiocarbonyl (C=S) groups is 1. The summed E-state index contributed by atoms with van der Waals surface area (Å²) in [7, 11) is 0. The smallest absolute Gasteiger partial charge is 0.306 e. The maximum absolute atomic E-state index is 17.2. The molecule has 0 unspecified atom stereocenters. The van der Waals surface area contributed by atoms with Crippen molar-refractivity contribution in [1.29, 1.82) is 0 Å². The van der Waals surface area contributed by atoms with Gasteiger partial charge in [-0.05, 0) is 49.8 Å². The molecular formula is C24H30F2O4S2. The number of aliphatic hydroxyl groups excluding tert-OH is 1. The first-order chi connectivity index (χ1) is 14.8. The first-order valence-electron chi connectivity index (χ1n) is 11.2. The van der Waals surface area contributed by atoms with E-state index in [1.54, 1.807) is 13.8 Å². The van der Waals surface area contributed by atoms with Gasteiger partial charge in [-0.15, -0.1) is 12.6 Å². The summed E-state index contributed by atoms with van der Waals surface area (Å²) >= 11 is 9.95. The molecule has 4 aliphatic carbocycles. The second kappa shape index (κ2) is 7.44. The lowest BCUT2D eigenvalue weighted by Gasteiger charge is -2.63. The van der Waals surface area contributed by atoms with E-state index >= 15 is 8.78 Å². The zero-order valence-corrected chi connectivity index (χ0v) is 20.4. The molecule has 8 heteroatoms. The van der Waals surface area contributed by atoms with Crippen LogP contribution in [0.25, 0.3) is 0 Å². The van der Waals surface area contributed by atoms with Gasteiger partial charge in [-0.25, -0.2) is 8.78 Å². The highest BCUT2D eigenvalue weighted by atomic mass is 32.1. The first-order valence-corrected chi connectivity index (χ1v) is 12.1. The zero-order chi connectivity index (χ0) is 23.9. The Hall–Kier alpha value is -1.12. The second-order valence-electron chi connectivity index (χ2n) is 10.4. The number of ether oxygens (including phenoxy) is 1. The number of allylic oxidation sites excluding steroid dienone is 4. The minimum absolute atomic E-state index is 0.0195. The topological polar surface area (TPSA) is 63.6 Å². The molecule has 0 saturated heterocycles. The number of hydrogen-bond acceptors (Lipinski definition) is 5. The van der Waals surface area contributed by atoms with Gasteiger partial charge in [0.25, 0.3) is 0 Å². The van der Waals surface area contributed by atoms with E-state index in [9.17, 15) is 14.7 Å². The fraction of sp³-hybridized carbons (Fsp3) is 0.708. The molecule has 4 nitrogen and oxygen atoms in total. The Morgan fingerprint density at radius 2 is 2.00 bits per heavy atom. The summed E-state index contributed by atoms with van der Waals surface area (Å²) in [6, 6.07) is 0. The van der Waals surface area contributed by atoms with E-state index in [1.807, 2.05) is 13.8 Å². The summed E-state index contributed by atoms with van der Waals surface area (Å²) in [5, 5.41) is 11.4. The van der Waals surface area contributed by atoms with Crippen molar-refractivity contribution in [1.82, 2.24) is 0 Å². The number of alkyl halides is 2. The molecular weight excluding hydrogens is 454 g/mol. The van der Waals surface area contributed by atoms with Gasteiger partial charge in [0.1, 0.15) is 6.17 Å². The molecule has 0 aromatic heterocycles. The van der Waals surface area contributed by atoms with E-state index in [-0.39, 0.29) is 40.7 Å². The largest absolute Gasteiger partial charge is 0.452 e. The van der Waals surface area contributed by atoms with Crippen molar-refractivity contribution in [2.45, 2.75) is 76.9 Å². The van der Waals surface area contributed by atoms with Crippen LogP contribution >= 0.6 is 24.8 Å². The lowest BCUT2D eigenvalue weighted by Crippen LogP contribution is -2.70. The molecule has 176 valence electrons. The van der Waals surface area contributed by atoms with E-state index < -0.39 is 52.2 Å². The van der Waals surface area contributed by atoms with Crippen LogP contribution in [-0.4, -0.2) is 44.6 Å². The molecule has 32 heavy (non-hydrogen) atoms. The van der Waals surface area contributed by atoms with Crippen LogP contribution in [0.15, 0.2) is 23.8 Å². The number of halogens is 2. The molecule has 0 spiro atoms. The predicted octanol–water partition coefficient (Wildman–Crippen LogP) is 4.50. The highest BCUT2D eigenvalue weighted by Gasteiger charge is 2.77. The summed E-state index contributed by atoms with van der Waals surface area (Å²) in [5.41, 5.74) is -5.72. The maximum atomic E-state index is 17.2. The zero-order valence-electron chi connectivity index (χ0n) is 18.7. The van der Waals surface area contributed by atoms with Gasteiger partial charge in [-0.3, -0.25) is 9.59 Å². The van der Waals surface area contributed by atoms with Crippen molar-refractivity contribution >= 4 is 40.8 Å². The van der Waals surface area contributed by atoms with E-state index in [0.717, 1.165) is 0 Å². The van der Waals surface area contributed by atoms with Gasteiger partial charge in [0.2, 0.25) is 0 Å². The quantitative estimate of drug-likeness (QED) is 0.351. The maximum Gasteiger partial charge on any atom is 0.306 e. The Labute approximate surface area is 198 Å². The number of hydrogen-bond donors (Lipinski definition) is 2. The Morgan fingerprint density at radius 1 is 1.34 bits per heavy atom. The molecule has 0 bridgehead atoms. The average molecular weight is 485 g/mol. The molecule has 9 atom stereocenters. The minimum atomic E-state index is -2.18. The van der Waals surface area contributed by atoms with Gasteiger partial charge in [0.15, 0.2) is 17.1 Å². The first kappa shape index (κ1) is 24.0. The number of esters is 1. The number of carbonyl (C=O) groups is 2. The number of carbonyl (C=O) groups excluding carboxylic acids is 2. The molecule has 0 heterocycles. The fourth-order valence-corrected chi connectivity index (χ4v) is 8.49. The van der Waals surface area contributed by atoms with Crippen LogP contribution in [0.1, 0.15) is 53.4 Å². The third kappa shape index (κ3) is 2.72. The average Bonchev–Trinajstić information content (AvgIpc) is 2.93. The van der Waals surface area contributed by atoms with E-state index in [4.69, 9.17) is 17.0 Å². The minimum Gasteiger partial charge on any atom is -0.452 e. The van der Waals surface area contributed by atoms with Crippen LogP contribution in [0.4, 0.5) is 8.78 Å². The number of fused-ring (bicyclic) bond motifs is 5. The van der Waals surface area contributed by atoms with Gasteiger partial charge in [0.05, 0.1) is 10.3 Å². The van der Waals surface area contributed by atoms with Crippen LogP contribution in [0.5, 0.6) is 0 Å². The van der Waals surface area contributed by atoms with E-state index in [0.29, 0.717) is 6.42 Å². The van der Waals surface area contributed by atoms with Crippen LogP contribution in [0.2, 0.25) is 0 Å². The van der Waals surface area contributed by atoms with Gasteiger partial charge in [0, 0.05) is 29.1 Å². The lowest BCUT2D eigenvalue weighted by molar-refractivity contribution is -0.220. The normalized spacial score (nSPS) is 49.6. The summed E-state index contributed by atoms with van der Waals surface area (Å²) in [6.45, 7) is 7.00. The monoisotopic (exact) mass is 484 g/mol. The van der Waals surface area contributed by atoms with Crippen molar-refractivity contribution in [3.63, 3.8) is 0 Å². The Kier molecular flexibility index (Phi) is 5.58. The van der Waals surface area contributed by atoms with Gasteiger partial charge in [-0.1, -0.05) is 39.1 Å². The van der Waals surface area contributed by atoms with E-state index in [1.165, 1.54) is 18.2 Å². The second-order valence-corrected chi connectivity index (χ2v) is 11.5. The van der Waals surface area contributed by atoms with Gasteiger partial charge in [-0.2, -0.15) is 0 Å². The van der Waals surface area contributed by atoms with Crippen molar-refractivity contribution in [2.24, 2.45) is 28.6 Å². The van der Waals surface area contributed by atoms with Crippen LogP contribution in [0, 0.1) is 28.6 Å². The number of rotatable bonds is 3. The molecule has 4 rings (SSSR count). The Balaban J connectivity index is 1.87. The standard InChI is InChI=1S/C24H30F2O4S2/c1-5-19(29)30-24(20(31)32)12(2)8-14-15-10-17(25)16-9-13(27)6-7-21(16,3)23(15,26)18(28)11-22(14,24)4/h6-7,9,12,14-15,17-18,28H,5,8,10-11H2,1-4H3,(H,31,32)/t12-,14+,15+,17+,18+,21+,22+,23+,24+/m1/s1. The molecule has 3 fully saturated rings. The van der Waals surface area contributed by atoms with Gasteiger partial charge >= 0.3 is 5.97 Å². The van der Waals surface area contributed by atoms with Crippen molar-refractivity contribution in [3.8, 4) is 0 Å². The third-order valence-electron chi connectivity index (χ3n) is 9.05. The number of aliphatic hydroxyl groups is 1. The van der Waals surface area contributed by atoms with Crippen molar-refractivity contribution in [3.05, 3.63) is 23.8 Å². The lowest BCUT2D eigenvalue weighted by atomic mass is 9.44. The summed E-state index contributed by atoms with van der Waals surface area (Å²) < 4.78 is 38.8. The molecule has 0 aliphatic heterocycles. The molecule has 0 aromatic rings. The highest BCUT2D eigenvalue weighted by Crippen LogP contribution is 2.71. The molecule has 1 N–H and O–H groups in total. The highest BCUT2D eigenvalue weighted by molar-refractivity contribution is 8.11. The molecule has 4 aliphatic rings. The van der Waals surface area contributed by atoms with Crippen molar-refractivity contribution in [2.75, 3.05) is 0 Å². The summed E-state index contributed by atoms with van der Waals surface area (Å²) in [5.74, 6) is -2.35. The third-order valence-corrected chi connectivity index (χ3v) is 9.69. The van der Waals surface area contributed by atoms with E-state index in [2.05, 4.69) is 12.6 Å². The van der Waals surface area contributed by atoms with Gasteiger partial charge < -0.3 is 9.84 Å². The Morgan fingerprint density at radius 3 is 2.59 bits per heavy atom. The molecule has 0 aromatic carbocycles. The summed E-state index contributed by atoms with van der Waals surface area (Å²) in [4.78, 5) is 24.4. The number of thiol groups is 1. The SMILES string of the molecule is CCC(=O)O[C@]1(C(=S)S)[C@H](C)C[C@H]2[C@@H]3C[C@H](F)C4=CC(=O)C=C[C@]4(C)[C@@]3(F)[C@@H](O)C[C@@]21C. The van der Waals surface area contributed by atoms with Crippen LogP contribution in [0.3, 0.4) is 0 Å².